The van der Waals surface area contributed by atoms with Crippen LogP contribution in [0.2, 0.25) is 0 Å². The number of hydrogen-bond donors (Lipinski definition) is 2. The average Bonchev–Trinajstić information content (AvgIpc) is 2.91. The Balaban J connectivity index is 1.69. The van der Waals surface area contributed by atoms with E-state index in [-0.39, 0.29) is 0 Å². The Hall–Kier alpha value is -1.59. The first-order valence-corrected chi connectivity index (χ1v) is 8.24. The number of nitrogen functional groups attached to an aromatic ring is 1. The molecule has 2 aliphatic rings. The molecule has 1 saturated carbocycles. The van der Waals surface area contributed by atoms with Crippen molar-refractivity contribution < 1.29 is 0 Å². The van der Waals surface area contributed by atoms with Crippen LogP contribution in [0.4, 0.5) is 17.8 Å². The molecule has 6 nitrogen and oxygen atoms in total. The van der Waals surface area contributed by atoms with Crippen molar-refractivity contribution in [3.05, 3.63) is 0 Å². The summed E-state index contributed by atoms with van der Waals surface area (Å²) >= 11 is 0. The molecule has 3 N–H and O–H groups in total. The van der Waals surface area contributed by atoms with Gasteiger partial charge in [-0.25, -0.2) is 0 Å². The molecule has 2 heterocycles. The molecular formula is C15H26N6. The highest BCUT2D eigenvalue weighted by Crippen LogP contribution is 2.25. The Morgan fingerprint density at radius 1 is 1.00 bits per heavy atom. The lowest BCUT2D eigenvalue weighted by atomic mass is 10.0. The van der Waals surface area contributed by atoms with Crippen LogP contribution in [0.1, 0.15) is 51.9 Å². The third-order valence-corrected chi connectivity index (χ3v) is 4.62. The Bertz CT molecular complexity index is 471. The summed E-state index contributed by atoms with van der Waals surface area (Å²) in [5, 5.41) is 3.48. The third-order valence-electron chi connectivity index (χ3n) is 4.62. The lowest BCUT2D eigenvalue weighted by Crippen LogP contribution is -2.24. The van der Waals surface area contributed by atoms with E-state index in [9.17, 15) is 0 Å². The number of nitrogens with one attached hydrogen (secondary N) is 1. The van der Waals surface area contributed by atoms with Crippen LogP contribution in [0.3, 0.4) is 0 Å². The fourth-order valence-electron chi connectivity index (χ4n) is 3.32. The lowest BCUT2D eigenvalue weighted by molar-refractivity contribution is 0.501. The van der Waals surface area contributed by atoms with Crippen LogP contribution in [-0.4, -0.2) is 34.1 Å². The van der Waals surface area contributed by atoms with Crippen molar-refractivity contribution in [2.24, 2.45) is 5.92 Å². The van der Waals surface area contributed by atoms with Crippen LogP contribution in [-0.2, 0) is 0 Å². The Kier molecular flexibility index (Phi) is 4.41. The highest BCUT2D eigenvalue weighted by Gasteiger charge is 2.20. The van der Waals surface area contributed by atoms with Gasteiger partial charge in [-0.05, 0) is 38.0 Å². The molecule has 0 bridgehead atoms. The summed E-state index contributed by atoms with van der Waals surface area (Å²) in [4.78, 5) is 15.3. The van der Waals surface area contributed by atoms with E-state index in [1.165, 1.54) is 44.9 Å². The van der Waals surface area contributed by atoms with Crippen LogP contribution in [0.15, 0.2) is 0 Å². The van der Waals surface area contributed by atoms with Crippen molar-refractivity contribution in [3.8, 4) is 0 Å². The van der Waals surface area contributed by atoms with Crippen molar-refractivity contribution in [2.45, 2.75) is 57.9 Å². The normalized spacial score (nSPS) is 26.6. The summed E-state index contributed by atoms with van der Waals surface area (Å²) in [5.74, 6) is 2.52. The van der Waals surface area contributed by atoms with Gasteiger partial charge in [-0.3, -0.25) is 0 Å². The molecular weight excluding hydrogens is 264 g/mol. The number of hydrogen-bond acceptors (Lipinski definition) is 6. The van der Waals surface area contributed by atoms with Gasteiger partial charge in [0.25, 0.3) is 0 Å². The van der Waals surface area contributed by atoms with Gasteiger partial charge in [0.15, 0.2) is 0 Å². The van der Waals surface area contributed by atoms with E-state index in [2.05, 4.69) is 32.1 Å². The van der Waals surface area contributed by atoms with E-state index < -0.39 is 0 Å². The molecule has 3 rings (SSSR count). The summed E-state index contributed by atoms with van der Waals surface area (Å²) in [6.07, 6.45) is 8.66. The van der Waals surface area contributed by atoms with Gasteiger partial charge in [0.05, 0.1) is 0 Å². The highest BCUT2D eigenvalue weighted by atomic mass is 15.3. The van der Waals surface area contributed by atoms with Crippen LogP contribution in [0.5, 0.6) is 0 Å². The van der Waals surface area contributed by atoms with Gasteiger partial charge in [0, 0.05) is 19.1 Å². The third kappa shape index (κ3) is 3.74. The topological polar surface area (TPSA) is 80.0 Å². The minimum Gasteiger partial charge on any atom is -0.368 e. The number of aromatic nitrogens is 3. The second-order valence-corrected chi connectivity index (χ2v) is 6.47. The molecule has 1 aliphatic heterocycles. The lowest BCUT2D eigenvalue weighted by Gasteiger charge is -2.19. The minimum atomic E-state index is 0.316. The van der Waals surface area contributed by atoms with Crippen molar-refractivity contribution in [2.75, 3.05) is 29.0 Å². The van der Waals surface area contributed by atoms with Gasteiger partial charge in [-0.1, -0.05) is 19.8 Å². The van der Waals surface area contributed by atoms with E-state index in [1.54, 1.807) is 0 Å². The Labute approximate surface area is 126 Å². The summed E-state index contributed by atoms with van der Waals surface area (Å²) in [5.41, 5.74) is 5.86. The van der Waals surface area contributed by atoms with Crippen LogP contribution >= 0.6 is 0 Å². The fraction of sp³-hybridized carbons (Fsp3) is 0.800. The average molecular weight is 290 g/mol. The molecule has 21 heavy (non-hydrogen) atoms. The zero-order chi connectivity index (χ0) is 14.7. The number of rotatable bonds is 3. The molecule has 1 aliphatic carbocycles. The van der Waals surface area contributed by atoms with E-state index in [0.29, 0.717) is 17.9 Å². The van der Waals surface area contributed by atoms with Gasteiger partial charge in [-0.15, -0.1) is 0 Å². The van der Waals surface area contributed by atoms with Crippen LogP contribution in [0, 0.1) is 5.92 Å². The van der Waals surface area contributed by atoms with E-state index in [4.69, 9.17) is 5.73 Å². The van der Waals surface area contributed by atoms with E-state index >= 15 is 0 Å². The predicted molar refractivity (Wildman–Crippen MR) is 85.3 cm³/mol. The highest BCUT2D eigenvalue weighted by molar-refractivity contribution is 5.42. The maximum absolute atomic E-state index is 5.86. The summed E-state index contributed by atoms with van der Waals surface area (Å²) in [6, 6.07) is 0.461. The first-order chi connectivity index (χ1) is 10.2. The van der Waals surface area contributed by atoms with E-state index in [1.807, 2.05) is 0 Å². The smallest absolute Gasteiger partial charge is 0.231 e. The first kappa shape index (κ1) is 14.4. The molecule has 2 unspecified atom stereocenters. The van der Waals surface area contributed by atoms with Crippen molar-refractivity contribution >= 4 is 17.8 Å². The van der Waals surface area contributed by atoms with Crippen LogP contribution in [0.25, 0.3) is 0 Å². The fourth-order valence-corrected chi connectivity index (χ4v) is 3.32. The molecule has 1 aromatic heterocycles. The van der Waals surface area contributed by atoms with Crippen molar-refractivity contribution in [1.29, 1.82) is 0 Å². The molecule has 0 aromatic carbocycles. The predicted octanol–water partition coefficient (Wildman–Crippen LogP) is 2.43. The number of nitrogens with zero attached hydrogens (tertiary/aromatic N) is 4. The van der Waals surface area contributed by atoms with Gasteiger partial charge >= 0.3 is 0 Å². The molecule has 0 spiro atoms. The van der Waals surface area contributed by atoms with Crippen molar-refractivity contribution in [1.82, 2.24) is 15.0 Å². The Morgan fingerprint density at radius 3 is 2.62 bits per heavy atom. The molecule has 6 heteroatoms. The first-order valence-electron chi connectivity index (χ1n) is 8.24. The van der Waals surface area contributed by atoms with Crippen molar-refractivity contribution in [3.63, 3.8) is 0 Å². The summed E-state index contributed by atoms with van der Waals surface area (Å²) in [6.45, 7) is 4.38. The maximum Gasteiger partial charge on any atom is 0.231 e. The second-order valence-electron chi connectivity index (χ2n) is 6.47. The quantitative estimate of drug-likeness (QED) is 0.832. The zero-order valence-electron chi connectivity index (χ0n) is 12.9. The largest absolute Gasteiger partial charge is 0.368 e. The Morgan fingerprint density at radius 2 is 1.81 bits per heavy atom. The second kappa shape index (κ2) is 6.45. The standard InChI is InChI=1S/C15H26N6/c1-11-5-4-6-12(8-7-11)17-14-18-13(16)19-15(20-14)21-9-2-3-10-21/h11-12H,2-10H2,1H3,(H3,16,17,18,19,20). The van der Waals surface area contributed by atoms with Gasteiger partial charge < -0.3 is 16.0 Å². The molecule has 0 amide bonds. The zero-order valence-corrected chi connectivity index (χ0v) is 12.9. The summed E-state index contributed by atoms with van der Waals surface area (Å²) < 4.78 is 0. The van der Waals surface area contributed by atoms with E-state index in [0.717, 1.165) is 25.0 Å². The SMILES string of the molecule is CC1CCCC(Nc2nc(N)nc(N3CCCC3)n2)CC1. The summed E-state index contributed by atoms with van der Waals surface area (Å²) in [7, 11) is 0. The van der Waals surface area contributed by atoms with Gasteiger partial charge in [0.2, 0.25) is 17.8 Å². The number of nitrogens with two attached hydrogens (primary N) is 1. The minimum absolute atomic E-state index is 0.316. The molecule has 0 radical (unpaired) electrons. The molecule has 2 atom stereocenters. The van der Waals surface area contributed by atoms with Gasteiger partial charge in [0.1, 0.15) is 0 Å². The van der Waals surface area contributed by atoms with Gasteiger partial charge in [-0.2, -0.15) is 15.0 Å². The van der Waals surface area contributed by atoms with Crippen LogP contribution < -0.4 is 16.0 Å². The number of anilines is 3. The maximum atomic E-state index is 5.86. The molecule has 2 fully saturated rings. The monoisotopic (exact) mass is 290 g/mol. The molecule has 116 valence electrons. The molecule has 1 aromatic rings. The molecule has 1 saturated heterocycles.